The first-order chi connectivity index (χ1) is 10.1. The second-order valence-corrected chi connectivity index (χ2v) is 5.98. The summed E-state index contributed by atoms with van der Waals surface area (Å²) in [5.74, 6) is 1.13. The fourth-order valence-electron chi connectivity index (χ4n) is 2.51. The SMILES string of the molecule is CC(Cn1ccnc1)n1c(CCl)nc2cc(Cl)c(Cl)cc21. The third kappa shape index (κ3) is 2.76. The first-order valence-corrected chi connectivity index (χ1v) is 7.76. The van der Waals surface area contributed by atoms with Crippen molar-refractivity contribution in [3.8, 4) is 0 Å². The minimum Gasteiger partial charge on any atom is -0.335 e. The van der Waals surface area contributed by atoms with Crippen LogP contribution in [0.5, 0.6) is 0 Å². The molecule has 0 fully saturated rings. The van der Waals surface area contributed by atoms with Crippen molar-refractivity contribution in [2.75, 3.05) is 0 Å². The first kappa shape index (κ1) is 14.7. The highest BCUT2D eigenvalue weighted by Gasteiger charge is 2.17. The van der Waals surface area contributed by atoms with E-state index in [4.69, 9.17) is 34.8 Å². The molecule has 0 amide bonds. The molecule has 0 aliphatic carbocycles. The predicted octanol–water partition coefficient (Wildman–Crippen LogP) is 4.54. The Bertz CT molecular complexity index is 764. The molecule has 3 aromatic rings. The Morgan fingerprint density at radius 2 is 2.00 bits per heavy atom. The van der Waals surface area contributed by atoms with Crippen LogP contribution in [0.25, 0.3) is 11.0 Å². The summed E-state index contributed by atoms with van der Waals surface area (Å²) in [5.41, 5.74) is 1.74. The first-order valence-electron chi connectivity index (χ1n) is 6.47. The summed E-state index contributed by atoms with van der Waals surface area (Å²) in [6.45, 7) is 2.88. The fourth-order valence-corrected chi connectivity index (χ4v) is 3.01. The van der Waals surface area contributed by atoms with Gasteiger partial charge in [0.05, 0.1) is 39.3 Å². The van der Waals surface area contributed by atoms with E-state index in [0.717, 1.165) is 23.4 Å². The number of aromatic nitrogens is 4. The molecule has 0 N–H and O–H groups in total. The van der Waals surface area contributed by atoms with E-state index in [1.807, 2.05) is 16.8 Å². The van der Waals surface area contributed by atoms with Gasteiger partial charge in [-0.25, -0.2) is 9.97 Å². The van der Waals surface area contributed by atoms with Crippen LogP contribution in [0.2, 0.25) is 10.0 Å². The van der Waals surface area contributed by atoms with Gasteiger partial charge in [0.15, 0.2) is 0 Å². The highest BCUT2D eigenvalue weighted by Crippen LogP contribution is 2.30. The number of rotatable bonds is 4. The molecule has 1 aromatic carbocycles. The van der Waals surface area contributed by atoms with Crippen molar-refractivity contribution >= 4 is 45.8 Å². The molecule has 110 valence electrons. The monoisotopic (exact) mass is 342 g/mol. The van der Waals surface area contributed by atoms with Gasteiger partial charge in [0.25, 0.3) is 0 Å². The third-order valence-electron chi connectivity index (χ3n) is 3.40. The van der Waals surface area contributed by atoms with Gasteiger partial charge in [0, 0.05) is 18.9 Å². The lowest BCUT2D eigenvalue weighted by Gasteiger charge is -2.17. The lowest BCUT2D eigenvalue weighted by Crippen LogP contribution is -2.14. The molecular weight excluding hydrogens is 331 g/mol. The minimum absolute atomic E-state index is 0.162. The van der Waals surface area contributed by atoms with Crippen molar-refractivity contribution in [1.82, 2.24) is 19.1 Å². The van der Waals surface area contributed by atoms with Gasteiger partial charge in [0.1, 0.15) is 5.82 Å². The standard InChI is InChI=1S/C14H13Cl3N4/c1-9(7-20-3-2-18-8-20)21-13-5-11(17)10(16)4-12(13)19-14(21)6-15/h2-5,8-9H,6-7H2,1H3. The van der Waals surface area contributed by atoms with Crippen LogP contribution in [0.15, 0.2) is 30.9 Å². The average molecular weight is 344 g/mol. The van der Waals surface area contributed by atoms with E-state index in [-0.39, 0.29) is 6.04 Å². The van der Waals surface area contributed by atoms with Crippen LogP contribution in [0.4, 0.5) is 0 Å². The van der Waals surface area contributed by atoms with Crippen LogP contribution in [0.1, 0.15) is 18.8 Å². The molecule has 21 heavy (non-hydrogen) atoms. The van der Waals surface area contributed by atoms with Crippen LogP contribution in [0.3, 0.4) is 0 Å². The van der Waals surface area contributed by atoms with Gasteiger partial charge in [-0.1, -0.05) is 23.2 Å². The quantitative estimate of drug-likeness (QED) is 0.652. The number of imidazole rings is 2. The van der Waals surface area contributed by atoms with Crippen LogP contribution in [-0.4, -0.2) is 19.1 Å². The van der Waals surface area contributed by atoms with E-state index < -0.39 is 0 Å². The number of nitrogens with zero attached hydrogens (tertiary/aromatic N) is 4. The summed E-state index contributed by atoms with van der Waals surface area (Å²) in [6, 6.07) is 3.78. The van der Waals surface area contributed by atoms with Gasteiger partial charge in [-0.2, -0.15) is 0 Å². The van der Waals surface area contributed by atoms with Crippen molar-refractivity contribution in [3.05, 3.63) is 46.7 Å². The van der Waals surface area contributed by atoms with Crippen molar-refractivity contribution in [3.63, 3.8) is 0 Å². The van der Waals surface area contributed by atoms with Crippen molar-refractivity contribution in [2.45, 2.75) is 25.4 Å². The molecule has 0 spiro atoms. The molecule has 1 unspecified atom stereocenters. The van der Waals surface area contributed by atoms with Crippen molar-refractivity contribution in [1.29, 1.82) is 0 Å². The van der Waals surface area contributed by atoms with E-state index in [2.05, 4.69) is 21.5 Å². The summed E-state index contributed by atoms with van der Waals surface area (Å²) in [6.07, 6.45) is 5.48. The van der Waals surface area contributed by atoms with Crippen molar-refractivity contribution < 1.29 is 0 Å². The van der Waals surface area contributed by atoms with Gasteiger partial charge in [0.2, 0.25) is 0 Å². The second kappa shape index (κ2) is 5.87. The molecule has 0 aliphatic heterocycles. The molecule has 0 aliphatic rings. The lowest BCUT2D eigenvalue weighted by atomic mass is 10.2. The van der Waals surface area contributed by atoms with Gasteiger partial charge in [-0.15, -0.1) is 11.6 Å². The molecule has 2 heterocycles. The third-order valence-corrected chi connectivity index (χ3v) is 4.36. The topological polar surface area (TPSA) is 35.6 Å². The molecule has 7 heteroatoms. The van der Waals surface area contributed by atoms with Crippen LogP contribution >= 0.6 is 34.8 Å². The molecular formula is C14H13Cl3N4. The number of hydrogen-bond acceptors (Lipinski definition) is 2. The zero-order chi connectivity index (χ0) is 15.0. The summed E-state index contributed by atoms with van der Waals surface area (Å²) < 4.78 is 4.12. The van der Waals surface area contributed by atoms with Gasteiger partial charge < -0.3 is 9.13 Å². The Hall–Kier alpha value is -1.23. The van der Waals surface area contributed by atoms with E-state index in [0.29, 0.717) is 15.9 Å². The molecule has 0 saturated heterocycles. The summed E-state index contributed by atoms with van der Waals surface area (Å²) in [4.78, 5) is 8.61. The van der Waals surface area contributed by atoms with E-state index in [1.54, 1.807) is 18.6 Å². The number of fused-ring (bicyclic) bond motifs is 1. The molecule has 2 aromatic heterocycles. The Morgan fingerprint density at radius 1 is 1.24 bits per heavy atom. The van der Waals surface area contributed by atoms with Crippen molar-refractivity contribution in [2.24, 2.45) is 0 Å². The maximum Gasteiger partial charge on any atom is 0.125 e. The number of halogens is 3. The maximum atomic E-state index is 6.14. The normalized spacial score (nSPS) is 13.0. The summed E-state index contributed by atoms with van der Waals surface area (Å²) >= 11 is 18.2. The molecule has 0 radical (unpaired) electrons. The highest BCUT2D eigenvalue weighted by molar-refractivity contribution is 6.42. The Kier molecular flexibility index (Phi) is 4.11. The zero-order valence-corrected chi connectivity index (χ0v) is 13.6. The van der Waals surface area contributed by atoms with Crippen LogP contribution < -0.4 is 0 Å². The zero-order valence-electron chi connectivity index (χ0n) is 11.3. The number of hydrogen-bond donors (Lipinski definition) is 0. The molecule has 3 rings (SSSR count). The molecule has 4 nitrogen and oxygen atoms in total. The Balaban J connectivity index is 2.09. The predicted molar refractivity (Wildman–Crippen MR) is 86.2 cm³/mol. The van der Waals surface area contributed by atoms with E-state index >= 15 is 0 Å². The average Bonchev–Trinajstić information content (AvgIpc) is 3.06. The van der Waals surface area contributed by atoms with E-state index in [1.165, 1.54) is 0 Å². The maximum absolute atomic E-state index is 6.14. The van der Waals surface area contributed by atoms with Gasteiger partial charge in [-0.3, -0.25) is 0 Å². The van der Waals surface area contributed by atoms with Crippen LogP contribution in [-0.2, 0) is 12.4 Å². The van der Waals surface area contributed by atoms with Crippen LogP contribution in [0, 0.1) is 0 Å². The summed E-state index contributed by atoms with van der Waals surface area (Å²) in [5, 5.41) is 1.01. The highest BCUT2D eigenvalue weighted by atomic mass is 35.5. The Labute approximate surface area is 137 Å². The Morgan fingerprint density at radius 3 is 2.67 bits per heavy atom. The van der Waals surface area contributed by atoms with E-state index in [9.17, 15) is 0 Å². The summed E-state index contributed by atoms with van der Waals surface area (Å²) in [7, 11) is 0. The molecule has 0 bridgehead atoms. The lowest BCUT2D eigenvalue weighted by molar-refractivity contribution is 0.464. The smallest absolute Gasteiger partial charge is 0.125 e. The largest absolute Gasteiger partial charge is 0.335 e. The molecule has 0 saturated carbocycles. The fraction of sp³-hybridized carbons (Fsp3) is 0.286. The van der Waals surface area contributed by atoms with Gasteiger partial charge in [-0.05, 0) is 19.1 Å². The number of benzene rings is 1. The van der Waals surface area contributed by atoms with Gasteiger partial charge >= 0.3 is 0 Å². The molecule has 1 atom stereocenters. The second-order valence-electron chi connectivity index (χ2n) is 4.90. The number of alkyl halides is 1. The minimum atomic E-state index is 0.162.